The minimum absolute atomic E-state index is 0.193. The summed E-state index contributed by atoms with van der Waals surface area (Å²) in [6.07, 6.45) is 0.959. The highest BCUT2D eigenvalue weighted by atomic mass is 32.2. The van der Waals surface area contributed by atoms with Crippen molar-refractivity contribution in [2.75, 3.05) is 16.2 Å². The van der Waals surface area contributed by atoms with Crippen LogP contribution in [0.5, 0.6) is 0 Å². The molecule has 0 bridgehead atoms. The average molecular weight is 366 g/mol. The molecular formula is C19H18N4O2S. The van der Waals surface area contributed by atoms with E-state index in [1.807, 2.05) is 6.07 Å². The van der Waals surface area contributed by atoms with Gasteiger partial charge in [-0.2, -0.15) is 0 Å². The second-order valence-corrected chi connectivity index (χ2v) is 7.82. The monoisotopic (exact) mass is 366 g/mol. The highest BCUT2D eigenvalue weighted by Gasteiger charge is 2.18. The third-order valence-corrected chi connectivity index (χ3v) is 5.77. The van der Waals surface area contributed by atoms with Crippen LogP contribution in [-0.2, 0) is 23.0 Å². The van der Waals surface area contributed by atoms with Crippen LogP contribution in [0.15, 0.2) is 71.6 Å². The van der Waals surface area contributed by atoms with Crippen LogP contribution in [0.25, 0.3) is 0 Å². The van der Waals surface area contributed by atoms with E-state index in [9.17, 15) is 8.42 Å². The number of fused-ring (bicyclic) bond motifs is 1. The number of aromatic nitrogens is 2. The average Bonchev–Trinajstić information content (AvgIpc) is 2.69. The zero-order valence-corrected chi connectivity index (χ0v) is 14.9. The molecule has 2 heterocycles. The van der Waals surface area contributed by atoms with Gasteiger partial charge in [-0.3, -0.25) is 4.72 Å². The molecule has 2 aromatic carbocycles. The number of nitrogens with one attached hydrogen (secondary N) is 1. The van der Waals surface area contributed by atoms with Crippen molar-refractivity contribution in [3.63, 3.8) is 0 Å². The van der Waals surface area contributed by atoms with E-state index in [0.29, 0.717) is 0 Å². The zero-order valence-electron chi connectivity index (χ0n) is 14.0. The summed E-state index contributed by atoms with van der Waals surface area (Å²) in [4.78, 5) is 2.34. The van der Waals surface area contributed by atoms with Gasteiger partial charge in [0.15, 0.2) is 11.6 Å². The van der Waals surface area contributed by atoms with Crippen molar-refractivity contribution < 1.29 is 8.42 Å². The number of hydrogen-bond donors (Lipinski definition) is 1. The van der Waals surface area contributed by atoms with Crippen LogP contribution in [-0.4, -0.2) is 25.2 Å². The van der Waals surface area contributed by atoms with Crippen molar-refractivity contribution in [2.45, 2.75) is 17.9 Å². The lowest BCUT2D eigenvalue weighted by Gasteiger charge is -2.29. The van der Waals surface area contributed by atoms with E-state index in [4.69, 9.17) is 0 Å². The maximum absolute atomic E-state index is 12.3. The lowest BCUT2D eigenvalue weighted by atomic mass is 10.00. The summed E-state index contributed by atoms with van der Waals surface area (Å²) >= 11 is 0. The van der Waals surface area contributed by atoms with Crippen LogP contribution in [0.1, 0.15) is 11.1 Å². The van der Waals surface area contributed by atoms with Gasteiger partial charge in [-0.15, -0.1) is 10.2 Å². The van der Waals surface area contributed by atoms with E-state index < -0.39 is 10.0 Å². The number of hydrogen-bond acceptors (Lipinski definition) is 5. The molecule has 0 aliphatic carbocycles. The first-order valence-electron chi connectivity index (χ1n) is 8.35. The Labute approximate surface area is 152 Å². The molecule has 132 valence electrons. The lowest BCUT2D eigenvalue weighted by molar-refractivity contribution is 0.601. The normalized spacial score (nSPS) is 13.9. The highest BCUT2D eigenvalue weighted by Crippen LogP contribution is 2.23. The highest BCUT2D eigenvalue weighted by molar-refractivity contribution is 7.92. The molecule has 7 heteroatoms. The Morgan fingerprint density at radius 1 is 0.846 bits per heavy atom. The van der Waals surface area contributed by atoms with Crippen molar-refractivity contribution in [2.24, 2.45) is 0 Å². The molecule has 0 fully saturated rings. The van der Waals surface area contributed by atoms with Gasteiger partial charge in [0.25, 0.3) is 10.0 Å². The van der Waals surface area contributed by atoms with Crippen molar-refractivity contribution in [3.05, 3.63) is 77.9 Å². The maximum atomic E-state index is 12.3. The fourth-order valence-corrected chi connectivity index (χ4v) is 4.05. The largest absolute Gasteiger partial charge is 0.350 e. The molecule has 0 saturated heterocycles. The van der Waals surface area contributed by atoms with Crippen molar-refractivity contribution >= 4 is 21.7 Å². The molecule has 1 N–H and O–H groups in total. The van der Waals surface area contributed by atoms with Crippen molar-refractivity contribution in [1.82, 2.24) is 10.2 Å². The molecule has 4 rings (SSSR count). The van der Waals surface area contributed by atoms with Gasteiger partial charge in [0.05, 0.1) is 4.90 Å². The minimum atomic E-state index is -3.66. The topological polar surface area (TPSA) is 75.2 Å². The van der Waals surface area contributed by atoms with Crippen LogP contribution in [0.3, 0.4) is 0 Å². The summed E-state index contributed by atoms with van der Waals surface area (Å²) in [5.74, 6) is 0.942. The van der Waals surface area contributed by atoms with Gasteiger partial charge in [-0.1, -0.05) is 42.5 Å². The molecule has 1 aliphatic rings. The molecule has 3 aromatic rings. The van der Waals surface area contributed by atoms with Gasteiger partial charge in [-0.05, 0) is 41.8 Å². The quantitative estimate of drug-likeness (QED) is 0.768. The predicted molar refractivity (Wildman–Crippen MR) is 100 cm³/mol. The van der Waals surface area contributed by atoms with Crippen molar-refractivity contribution in [1.29, 1.82) is 0 Å². The van der Waals surface area contributed by atoms with Crippen LogP contribution in [0.2, 0.25) is 0 Å². The molecule has 6 nitrogen and oxygen atoms in total. The van der Waals surface area contributed by atoms with E-state index in [0.717, 1.165) is 25.3 Å². The Hall–Kier alpha value is -2.93. The SMILES string of the molecule is O=S(=O)(Nc1ccc(N2CCc3ccccc3C2)nn1)c1ccccc1. The summed E-state index contributed by atoms with van der Waals surface area (Å²) in [5, 5.41) is 8.24. The van der Waals surface area contributed by atoms with Gasteiger partial charge in [0.2, 0.25) is 0 Å². The van der Waals surface area contributed by atoms with Gasteiger partial charge < -0.3 is 4.90 Å². The second-order valence-electron chi connectivity index (χ2n) is 6.14. The van der Waals surface area contributed by atoms with Gasteiger partial charge in [0, 0.05) is 13.1 Å². The fourth-order valence-electron chi connectivity index (χ4n) is 3.04. The Balaban J connectivity index is 1.49. The molecule has 26 heavy (non-hydrogen) atoms. The Kier molecular flexibility index (Phi) is 4.30. The third-order valence-electron chi connectivity index (χ3n) is 4.40. The fraction of sp³-hybridized carbons (Fsp3) is 0.158. The lowest BCUT2D eigenvalue weighted by Crippen LogP contribution is -2.31. The maximum Gasteiger partial charge on any atom is 0.263 e. The van der Waals surface area contributed by atoms with Crippen LogP contribution in [0, 0.1) is 0 Å². The van der Waals surface area contributed by atoms with Crippen molar-refractivity contribution in [3.8, 4) is 0 Å². The van der Waals surface area contributed by atoms with E-state index in [-0.39, 0.29) is 10.7 Å². The van der Waals surface area contributed by atoms with E-state index >= 15 is 0 Å². The first-order valence-corrected chi connectivity index (χ1v) is 9.83. The molecule has 0 spiro atoms. The standard InChI is InChI=1S/C19H18N4O2S/c24-26(25,17-8-2-1-3-9-17)22-18-10-11-19(21-20-18)23-13-12-15-6-4-5-7-16(15)14-23/h1-11H,12-14H2,(H,20,22). The molecular weight excluding hydrogens is 348 g/mol. The number of sulfonamides is 1. The molecule has 0 amide bonds. The minimum Gasteiger partial charge on any atom is -0.350 e. The molecule has 0 unspecified atom stereocenters. The number of anilines is 2. The second kappa shape index (κ2) is 6.76. The molecule has 0 saturated carbocycles. The predicted octanol–water partition coefficient (Wildman–Crippen LogP) is 2.84. The number of rotatable bonds is 4. The smallest absolute Gasteiger partial charge is 0.263 e. The third kappa shape index (κ3) is 3.39. The summed E-state index contributed by atoms with van der Waals surface area (Å²) in [5.41, 5.74) is 2.65. The number of nitrogens with zero attached hydrogens (tertiary/aromatic N) is 3. The summed E-state index contributed by atoms with van der Waals surface area (Å²) in [6, 6.07) is 20.0. The van der Waals surface area contributed by atoms with E-state index in [1.54, 1.807) is 30.3 Å². The first-order chi connectivity index (χ1) is 12.6. The van der Waals surface area contributed by atoms with Crippen LogP contribution >= 0.6 is 0 Å². The summed E-state index contributed by atoms with van der Waals surface area (Å²) in [7, 11) is -3.66. The molecule has 0 radical (unpaired) electrons. The van der Waals surface area contributed by atoms with E-state index in [1.165, 1.54) is 23.3 Å². The number of benzene rings is 2. The summed E-state index contributed by atoms with van der Waals surface area (Å²) < 4.78 is 27.1. The molecule has 1 aromatic heterocycles. The molecule has 0 atom stereocenters. The van der Waals surface area contributed by atoms with E-state index in [2.05, 4.69) is 38.0 Å². The zero-order chi connectivity index (χ0) is 18.0. The Morgan fingerprint density at radius 2 is 1.58 bits per heavy atom. The van der Waals surface area contributed by atoms with Gasteiger partial charge in [0.1, 0.15) is 0 Å². The van der Waals surface area contributed by atoms with Gasteiger partial charge >= 0.3 is 0 Å². The Bertz CT molecular complexity index is 1010. The van der Waals surface area contributed by atoms with Gasteiger partial charge in [-0.25, -0.2) is 8.42 Å². The molecule has 1 aliphatic heterocycles. The van der Waals surface area contributed by atoms with Crippen LogP contribution in [0.4, 0.5) is 11.6 Å². The summed E-state index contributed by atoms with van der Waals surface area (Å²) in [6.45, 7) is 1.64. The first kappa shape index (κ1) is 16.5. The van der Waals surface area contributed by atoms with Crippen LogP contribution < -0.4 is 9.62 Å². The Morgan fingerprint density at radius 3 is 2.31 bits per heavy atom.